The Morgan fingerprint density at radius 1 is 1.10 bits per heavy atom. The fourth-order valence-corrected chi connectivity index (χ4v) is 2.30. The van der Waals surface area contributed by atoms with E-state index in [1.165, 1.54) is 0 Å². The van der Waals surface area contributed by atoms with E-state index in [-0.39, 0.29) is 12.5 Å². The Morgan fingerprint density at radius 2 is 1.81 bits per heavy atom. The number of fused-ring (bicyclic) bond motifs is 1. The molecule has 2 aromatic carbocycles. The molecule has 21 heavy (non-hydrogen) atoms. The summed E-state index contributed by atoms with van der Waals surface area (Å²) in [7, 11) is 0. The van der Waals surface area contributed by atoms with E-state index in [0.29, 0.717) is 12.5 Å². The molecule has 0 aliphatic heterocycles. The van der Waals surface area contributed by atoms with Crippen LogP contribution in [0.4, 0.5) is 5.95 Å². The maximum absolute atomic E-state index is 11.3. The number of carbonyl (C=O) groups is 1. The molecule has 0 aliphatic carbocycles. The van der Waals surface area contributed by atoms with Gasteiger partial charge in [0.1, 0.15) is 6.54 Å². The van der Waals surface area contributed by atoms with E-state index in [1.54, 1.807) is 4.57 Å². The van der Waals surface area contributed by atoms with Gasteiger partial charge in [0.05, 0.1) is 11.0 Å². The van der Waals surface area contributed by atoms with Crippen molar-refractivity contribution in [2.45, 2.75) is 13.1 Å². The molecule has 0 saturated heterocycles. The average Bonchev–Trinajstić information content (AvgIpc) is 2.84. The number of imidazole rings is 1. The number of nitrogens with two attached hydrogens (primary N) is 1. The van der Waals surface area contributed by atoms with Gasteiger partial charge in [-0.25, -0.2) is 4.98 Å². The Balaban J connectivity index is 1.91. The fraction of sp³-hybridized carbons (Fsp3) is 0.125. The highest BCUT2D eigenvalue weighted by atomic mass is 16.1. The molecule has 106 valence electrons. The molecule has 0 radical (unpaired) electrons. The number of nitrogens with one attached hydrogen (secondary N) is 1. The van der Waals surface area contributed by atoms with Crippen molar-refractivity contribution in [1.82, 2.24) is 9.55 Å². The molecule has 3 rings (SSSR count). The van der Waals surface area contributed by atoms with Crippen LogP contribution in [-0.2, 0) is 17.9 Å². The van der Waals surface area contributed by atoms with Gasteiger partial charge in [-0.3, -0.25) is 4.79 Å². The lowest BCUT2D eigenvalue weighted by molar-refractivity contribution is -0.118. The summed E-state index contributed by atoms with van der Waals surface area (Å²) in [5.41, 5.74) is 8.22. The van der Waals surface area contributed by atoms with Crippen LogP contribution in [0.2, 0.25) is 0 Å². The zero-order valence-electron chi connectivity index (χ0n) is 11.5. The fourth-order valence-electron chi connectivity index (χ4n) is 2.30. The number of aromatic nitrogens is 2. The zero-order valence-corrected chi connectivity index (χ0v) is 11.5. The summed E-state index contributed by atoms with van der Waals surface area (Å²) in [6.45, 7) is 0.751. The molecule has 0 spiro atoms. The van der Waals surface area contributed by atoms with E-state index in [9.17, 15) is 4.79 Å². The first-order chi connectivity index (χ1) is 10.2. The number of anilines is 1. The van der Waals surface area contributed by atoms with Crippen molar-refractivity contribution < 1.29 is 4.79 Å². The monoisotopic (exact) mass is 280 g/mol. The Bertz CT molecular complexity index is 764. The highest BCUT2D eigenvalue weighted by molar-refractivity contribution is 5.82. The minimum atomic E-state index is -0.388. The number of benzene rings is 2. The van der Waals surface area contributed by atoms with Crippen LogP contribution in [0.25, 0.3) is 11.0 Å². The van der Waals surface area contributed by atoms with Gasteiger partial charge < -0.3 is 15.6 Å². The number of nitrogens with zero attached hydrogens (tertiary/aromatic N) is 2. The van der Waals surface area contributed by atoms with Crippen molar-refractivity contribution in [1.29, 1.82) is 0 Å². The Kier molecular flexibility index (Phi) is 3.55. The van der Waals surface area contributed by atoms with Gasteiger partial charge in [-0.2, -0.15) is 0 Å². The molecule has 0 aliphatic rings. The van der Waals surface area contributed by atoms with Gasteiger partial charge in [-0.05, 0) is 17.7 Å². The van der Waals surface area contributed by atoms with E-state index in [0.717, 1.165) is 16.6 Å². The van der Waals surface area contributed by atoms with E-state index in [2.05, 4.69) is 10.3 Å². The van der Waals surface area contributed by atoms with Crippen LogP contribution in [0, 0.1) is 0 Å². The van der Waals surface area contributed by atoms with Gasteiger partial charge in [0.15, 0.2) is 0 Å². The highest BCUT2D eigenvalue weighted by Gasteiger charge is 2.11. The van der Waals surface area contributed by atoms with Gasteiger partial charge in [0.25, 0.3) is 0 Å². The van der Waals surface area contributed by atoms with Crippen LogP contribution in [0.3, 0.4) is 0 Å². The summed E-state index contributed by atoms with van der Waals surface area (Å²) in [5, 5.41) is 3.27. The molecule has 1 heterocycles. The van der Waals surface area contributed by atoms with Crippen molar-refractivity contribution in [2.75, 3.05) is 5.32 Å². The molecular weight excluding hydrogens is 264 g/mol. The normalized spacial score (nSPS) is 10.7. The standard InChI is InChI=1S/C16H16N4O/c17-15(21)11-20-14-9-5-4-8-13(14)19-16(20)18-10-12-6-2-1-3-7-12/h1-9H,10-11H2,(H2,17,21)(H,18,19). The third kappa shape index (κ3) is 2.86. The molecule has 0 fully saturated rings. The predicted molar refractivity (Wildman–Crippen MR) is 82.7 cm³/mol. The molecule has 5 heteroatoms. The van der Waals surface area contributed by atoms with Gasteiger partial charge in [-0.1, -0.05) is 42.5 Å². The number of carbonyl (C=O) groups excluding carboxylic acids is 1. The topological polar surface area (TPSA) is 72.9 Å². The summed E-state index contributed by atoms with van der Waals surface area (Å²) in [4.78, 5) is 15.8. The van der Waals surface area contributed by atoms with Crippen molar-refractivity contribution in [3.05, 3.63) is 60.2 Å². The second kappa shape index (κ2) is 5.66. The van der Waals surface area contributed by atoms with Gasteiger partial charge in [-0.15, -0.1) is 0 Å². The smallest absolute Gasteiger partial charge is 0.237 e. The number of para-hydroxylation sites is 2. The lowest BCUT2D eigenvalue weighted by atomic mass is 10.2. The minimum absolute atomic E-state index is 0.109. The molecule has 0 atom stereocenters. The molecule has 1 aromatic heterocycles. The summed E-state index contributed by atoms with van der Waals surface area (Å²) in [6.07, 6.45) is 0. The maximum Gasteiger partial charge on any atom is 0.237 e. The van der Waals surface area contributed by atoms with Crippen LogP contribution < -0.4 is 11.1 Å². The van der Waals surface area contributed by atoms with Crippen molar-refractivity contribution in [3.8, 4) is 0 Å². The summed E-state index contributed by atoms with van der Waals surface area (Å²) >= 11 is 0. The molecule has 0 saturated carbocycles. The van der Waals surface area contributed by atoms with Crippen LogP contribution >= 0.6 is 0 Å². The maximum atomic E-state index is 11.3. The Hall–Kier alpha value is -2.82. The van der Waals surface area contributed by atoms with Crippen LogP contribution in [-0.4, -0.2) is 15.5 Å². The Morgan fingerprint density at radius 3 is 2.57 bits per heavy atom. The van der Waals surface area contributed by atoms with E-state index >= 15 is 0 Å². The van der Waals surface area contributed by atoms with E-state index in [4.69, 9.17) is 5.73 Å². The average molecular weight is 280 g/mol. The second-order valence-corrected chi connectivity index (χ2v) is 4.82. The number of rotatable bonds is 5. The quantitative estimate of drug-likeness (QED) is 0.752. The first-order valence-corrected chi connectivity index (χ1v) is 6.75. The van der Waals surface area contributed by atoms with Gasteiger partial charge >= 0.3 is 0 Å². The number of hydrogen-bond acceptors (Lipinski definition) is 3. The molecule has 3 aromatic rings. The zero-order chi connectivity index (χ0) is 14.7. The summed E-state index contributed by atoms with van der Waals surface area (Å²) < 4.78 is 1.81. The SMILES string of the molecule is NC(=O)Cn1c(NCc2ccccc2)nc2ccccc21. The van der Waals surface area contributed by atoms with Crippen LogP contribution in [0.15, 0.2) is 54.6 Å². The minimum Gasteiger partial charge on any atom is -0.368 e. The largest absolute Gasteiger partial charge is 0.368 e. The first kappa shape index (κ1) is 13.2. The van der Waals surface area contributed by atoms with Gasteiger partial charge in [0, 0.05) is 6.54 Å². The van der Waals surface area contributed by atoms with Gasteiger partial charge in [0.2, 0.25) is 11.9 Å². The molecule has 1 amide bonds. The van der Waals surface area contributed by atoms with Crippen molar-refractivity contribution in [3.63, 3.8) is 0 Å². The van der Waals surface area contributed by atoms with Crippen LogP contribution in [0.1, 0.15) is 5.56 Å². The summed E-state index contributed by atoms with van der Waals surface area (Å²) in [6, 6.07) is 17.7. The van der Waals surface area contributed by atoms with Crippen molar-refractivity contribution in [2.24, 2.45) is 5.73 Å². The lowest BCUT2D eigenvalue weighted by Gasteiger charge is -2.09. The summed E-state index contributed by atoms with van der Waals surface area (Å²) in [5.74, 6) is 0.264. The third-order valence-corrected chi connectivity index (χ3v) is 3.26. The first-order valence-electron chi connectivity index (χ1n) is 6.75. The number of hydrogen-bond donors (Lipinski definition) is 2. The predicted octanol–water partition coefficient (Wildman–Crippen LogP) is 2.13. The number of primary amides is 1. The molecule has 5 nitrogen and oxygen atoms in total. The third-order valence-electron chi connectivity index (χ3n) is 3.26. The molecule has 0 unspecified atom stereocenters. The second-order valence-electron chi connectivity index (χ2n) is 4.82. The molecular formula is C16H16N4O. The Labute approximate surface area is 122 Å². The van der Waals surface area contributed by atoms with Crippen LogP contribution in [0.5, 0.6) is 0 Å². The van der Waals surface area contributed by atoms with E-state index in [1.807, 2.05) is 54.6 Å². The molecule has 3 N–H and O–H groups in total. The number of amides is 1. The van der Waals surface area contributed by atoms with E-state index < -0.39 is 0 Å². The molecule has 0 bridgehead atoms. The van der Waals surface area contributed by atoms with Crippen molar-refractivity contribution >= 4 is 22.9 Å². The highest BCUT2D eigenvalue weighted by Crippen LogP contribution is 2.19. The lowest BCUT2D eigenvalue weighted by Crippen LogP contribution is -2.20.